The highest BCUT2D eigenvalue weighted by molar-refractivity contribution is 5.75. The summed E-state index contributed by atoms with van der Waals surface area (Å²) in [6.07, 6.45) is 2.62. The average Bonchev–Trinajstić information content (AvgIpc) is 2.45. The van der Waals surface area contributed by atoms with Crippen molar-refractivity contribution < 1.29 is 14.3 Å². The number of nitrogens with one attached hydrogen (secondary N) is 1. The van der Waals surface area contributed by atoms with Crippen molar-refractivity contribution in [2.75, 3.05) is 19.7 Å². The zero-order chi connectivity index (χ0) is 16.2. The fourth-order valence-corrected chi connectivity index (χ4v) is 2.60. The van der Waals surface area contributed by atoms with E-state index in [1.54, 1.807) is 17.0 Å². The summed E-state index contributed by atoms with van der Waals surface area (Å²) < 4.78 is 12.9. The van der Waals surface area contributed by atoms with Gasteiger partial charge in [-0.15, -0.1) is 0 Å². The van der Waals surface area contributed by atoms with Crippen molar-refractivity contribution >= 4 is 6.03 Å². The molecule has 1 fully saturated rings. The lowest BCUT2D eigenvalue weighted by Gasteiger charge is -2.41. The molecule has 1 heterocycles. The number of aliphatic hydroxyl groups is 1. The molecule has 2 N–H and O–H groups in total. The van der Waals surface area contributed by atoms with E-state index in [1.807, 2.05) is 13.8 Å². The molecule has 0 aliphatic carbocycles. The number of rotatable bonds is 6. The van der Waals surface area contributed by atoms with Gasteiger partial charge in [0, 0.05) is 19.7 Å². The average molecular weight is 308 g/mol. The van der Waals surface area contributed by atoms with Crippen LogP contribution in [0.3, 0.4) is 0 Å². The van der Waals surface area contributed by atoms with Crippen LogP contribution in [0.15, 0.2) is 24.3 Å². The minimum atomic E-state index is -0.259. The maximum atomic E-state index is 12.9. The molecule has 0 spiro atoms. The van der Waals surface area contributed by atoms with E-state index in [0.29, 0.717) is 6.54 Å². The molecule has 2 amide bonds. The van der Waals surface area contributed by atoms with E-state index in [4.69, 9.17) is 0 Å². The molecule has 1 atom stereocenters. The lowest BCUT2D eigenvalue weighted by Crippen LogP contribution is -2.50. The van der Waals surface area contributed by atoms with Gasteiger partial charge in [-0.2, -0.15) is 0 Å². The summed E-state index contributed by atoms with van der Waals surface area (Å²) in [5, 5.41) is 12.1. The molecule has 5 heteroatoms. The summed E-state index contributed by atoms with van der Waals surface area (Å²) in [5.41, 5.74) is 0.877. The molecule has 0 bridgehead atoms. The van der Waals surface area contributed by atoms with Crippen LogP contribution in [-0.2, 0) is 0 Å². The van der Waals surface area contributed by atoms with Crippen molar-refractivity contribution in [3.63, 3.8) is 0 Å². The van der Waals surface area contributed by atoms with E-state index in [2.05, 4.69) is 5.32 Å². The van der Waals surface area contributed by atoms with Crippen LogP contribution in [0.25, 0.3) is 0 Å². The molecule has 0 unspecified atom stereocenters. The maximum absolute atomic E-state index is 12.9. The normalized spacial score (nSPS) is 18.0. The number of halogens is 1. The van der Waals surface area contributed by atoms with Crippen molar-refractivity contribution in [1.29, 1.82) is 0 Å². The second-order valence-corrected chi connectivity index (χ2v) is 6.71. The predicted octanol–water partition coefficient (Wildman–Crippen LogP) is 3.08. The Morgan fingerprint density at radius 3 is 2.64 bits per heavy atom. The Kier molecular flexibility index (Phi) is 5.40. The second-order valence-electron chi connectivity index (χ2n) is 6.71. The van der Waals surface area contributed by atoms with Crippen LogP contribution in [0, 0.1) is 11.2 Å². The SMILES string of the molecule is CC(C)(CO)CCCNC(=O)N1CC[C@H]1c1ccc(F)cc1. The van der Waals surface area contributed by atoms with E-state index >= 15 is 0 Å². The summed E-state index contributed by atoms with van der Waals surface area (Å²) in [6.45, 7) is 5.51. The molecule has 4 nitrogen and oxygen atoms in total. The number of likely N-dealkylation sites (tertiary alicyclic amines) is 1. The third kappa shape index (κ3) is 4.19. The Bertz CT molecular complexity index is 502. The molecule has 0 aromatic heterocycles. The monoisotopic (exact) mass is 308 g/mol. The molecular weight excluding hydrogens is 283 g/mol. The van der Waals surface area contributed by atoms with Gasteiger partial charge in [0.2, 0.25) is 0 Å². The highest BCUT2D eigenvalue weighted by atomic mass is 19.1. The van der Waals surface area contributed by atoms with Crippen molar-refractivity contribution in [2.24, 2.45) is 5.41 Å². The number of hydrogen-bond acceptors (Lipinski definition) is 2. The Labute approximate surface area is 131 Å². The van der Waals surface area contributed by atoms with Crippen molar-refractivity contribution in [2.45, 2.75) is 39.2 Å². The lowest BCUT2D eigenvalue weighted by atomic mass is 9.89. The Balaban J connectivity index is 1.77. The third-order valence-electron chi connectivity index (χ3n) is 4.27. The first-order valence-electron chi connectivity index (χ1n) is 7.84. The van der Waals surface area contributed by atoms with Gasteiger partial charge in [-0.05, 0) is 42.4 Å². The van der Waals surface area contributed by atoms with Crippen LogP contribution in [0.4, 0.5) is 9.18 Å². The maximum Gasteiger partial charge on any atom is 0.317 e. The summed E-state index contributed by atoms with van der Waals surface area (Å²) in [5.74, 6) is -0.259. The minimum Gasteiger partial charge on any atom is -0.396 e. The lowest BCUT2D eigenvalue weighted by molar-refractivity contribution is 0.114. The molecule has 0 saturated carbocycles. The van der Waals surface area contributed by atoms with E-state index in [-0.39, 0.29) is 29.9 Å². The van der Waals surface area contributed by atoms with Gasteiger partial charge in [-0.3, -0.25) is 0 Å². The first kappa shape index (κ1) is 16.7. The molecule has 122 valence electrons. The van der Waals surface area contributed by atoms with Gasteiger partial charge in [0.25, 0.3) is 0 Å². The summed E-state index contributed by atoms with van der Waals surface area (Å²) >= 11 is 0. The summed E-state index contributed by atoms with van der Waals surface area (Å²) in [6, 6.07) is 6.32. The second kappa shape index (κ2) is 7.09. The summed E-state index contributed by atoms with van der Waals surface area (Å²) in [7, 11) is 0. The third-order valence-corrected chi connectivity index (χ3v) is 4.27. The standard InChI is InChI=1S/C17H25FN2O2/c1-17(2,12-21)9-3-10-19-16(22)20-11-8-15(20)13-4-6-14(18)7-5-13/h4-7,15,21H,3,8-12H2,1-2H3,(H,19,22)/t15-/m0/s1. The molecule has 0 radical (unpaired) electrons. The first-order valence-corrected chi connectivity index (χ1v) is 7.84. The van der Waals surface area contributed by atoms with Crippen LogP contribution in [-0.4, -0.2) is 35.7 Å². The van der Waals surface area contributed by atoms with Gasteiger partial charge in [-0.1, -0.05) is 26.0 Å². The molecule has 1 aromatic rings. The number of nitrogens with zero attached hydrogens (tertiary/aromatic N) is 1. The predicted molar refractivity (Wildman–Crippen MR) is 84.0 cm³/mol. The molecular formula is C17H25FN2O2. The zero-order valence-electron chi connectivity index (χ0n) is 13.3. The van der Waals surface area contributed by atoms with Crippen LogP contribution in [0.1, 0.15) is 44.7 Å². The van der Waals surface area contributed by atoms with Gasteiger partial charge in [0.1, 0.15) is 5.82 Å². The van der Waals surface area contributed by atoms with Crippen LogP contribution >= 0.6 is 0 Å². The molecule has 1 aliphatic heterocycles. The quantitative estimate of drug-likeness (QED) is 0.794. The summed E-state index contributed by atoms with van der Waals surface area (Å²) in [4.78, 5) is 13.9. The Morgan fingerprint density at radius 2 is 2.09 bits per heavy atom. The largest absolute Gasteiger partial charge is 0.396 e. The number of carbonyl (C=O) groups excluding carboxylic acids is 1. The van der Waals surface area contributed by atoms with E-state index < -0.39 is 0 Å². The number of urea groups is 1. The molecule has 22 heavy (non-hydrogen) atoms. The van der Waals surface area contributed by atoms with Gasteiger partial charge < -0.3 is 15.3 Å². The molecule has 1 aliphatic rings. The number of benzene rings is 1. The Morgan fingerprint density at radius 1 is 1.41 bits per heavy atom. The van der Waals surface area contributed by atoms with E-state index in [0.717, 1.165) is 31.4 Å². The fraction of sp³-hybridized carbons (Fsp3) is 0.588. The highest BCUT2D eigenvalue weighted by Crippen LogP contribution is 2.33. The van der Waals surface area contributed by atoms with Gasteiger partial charge in [0.05, 0.1) is 6.04 Å². The molecule has 2 rings (SSSR count). The van der Waals surface area contributed by atoms with Crippen molar-refractivity contribution in [3.8, 4) is 0 Å². The smallest absolute Gasteiger partial charge is 0.317 e. The van der Waals surface area contributed by atoms with Gasteiger partial charge >= 0.3 is 6.03 Å². The van der Waals surface area contributed by atoms with Gasteiger partial charge in [-0.25, -0.2) is 9.18 Å². The number of hydrogen-bond donors (Lipinski definition) is 2. The van der Waals surface area contributed by atoms with Crippen LogP contribution in [0.2, 0.25) is 0 Å². The van der Waals surface area contributed by atoms with E-state index in [1.165, 1.54) is 12.1 Å². The first-order chi connectivity index (χ1) is 10.4. The van der Waals surface area contributed by atoms with Crippen molar-refractivity contribution in [3.05, 3.63) is 35.6 Å². The topological polar surface area (TPSA) is 52.6 Å². The van der Waals surface area contributed by atoms with Crippen molar-refractivity contribution in [1.82, 2.24) is 10.2 Å². The zero-order valence-corrected chi connectivity index (χ0v) is 13.3. The minimum absolute atomic E-state index is 0.0504. The van der Waals surface area contributed by atoms with Gasteiger partial charge in [0.15, 0.2) is 0 Å². The Hall–Kier alpha value is -1.62. The van der Waals surface area contributed by atoms with Crippen LogP contribution in [0.5, 0.6) is 0 Å². The van der Waals surface area contributed by atoms with E-state index in [9.17, 15) is 14.3 Å². The number of amides is 2. The number of aliphatic hydroxyl groups excluding tert-OH is 1. The number of carbonyl (C=O) groups is 1. The molecule has 1 saturated heterocycles. The van der Waals surface area contributed by atoms with Crippen LogP contribution < -0.4 is 5.32 Å². The highest BCUT2D eigenvalue weighted by Gasteiger charge is 2.33. The fourth-order valence-electron chi connectivity index (χ4n) is 2.60. The molecule has 1 aromatic carbocycles.